The molecule has 0 N–H and O–H groups in total. The lowest BCUT2D eigenvalue weighted by molar-refractivity contribution is 0.0905. The van der Waals surface area contributed by atoms with Crippen molar-refractivity contribution in [1.82, 2.24) is 0 Å². The highest BCUT2D eigenvalue weighted by molar-refractivity contribution is 7.93. The maximum absolute atomic E-state index is 12.3. The van der Waals surface area contributed by atoms with Crippen LogP contribution in [0.3, 0.4) is 0 Å². The summed E-state index contributed by atoms with van der Waals surface area (Å²) in [5.74, 6) is 0.0100. The van der Waals surface area contributed by atoms with E-state index in [1.54, 1.807) is 0 Å². The number of carbonyl (C=O) groups is 1. The van der Waals surface area contributed by atoms with Crippen molar-refractivity contribution in [3.63, 3.8) is 0 Å². The Morgan fingerprint density at radius 2 is 1.56 bits per heavy atom. The second kappa shape index (κ2) is 4.19. The summed E-state index contributed by atoms with van der Waals surface area (Å²) in [6, 6.07) is 9.20. The Labute approximate surface area is 107 Å². The third-order valence-corrected chi connectivity index (χ3v) is 6.98. The topological polar surface area (TPSA) is 51.2 Å². The van der Waals surface area contributed by atoms with Crippen LogP contribution in [-0.2, 0) is 9.84 Å². The molecule has 3 rings (SSSR count). The van der Waals surface area contributed by atoms with Crippen LogP contribution in [0.5, 0.6) is 0 Å². The molecular weight excluding hydrogens is 248 g/mol. The van der Waals surface area contributed by atoms with E-state index >= 15 is 0 Å². The first-order valence-corrected chi connectivity index (χ1v) is 8.02. The summed E-state index contributed by atoms with van der Waals surface area (Å²) >= 11 is 0. The van der Waals surface area contributed by atoms with Crippen molar-refractivity contribution in [2.24, 2.45) is 5.92 Å². The smallest absolute Gasteiger partial charge is 0.166 e. The predicted octanol–water partition coefficient (Wildman–Crippen LogP) is 2.23. The lowest BCUT2D eigenvalue weighted by atomic mass is 9.90. The van der Waals surface area contributed by atoms with Crippen LogP contribution in [0.25, 0.3) is 0 Å². The molecule has 0 amide bonds. The highest BCUT2D eigenvalue weighted by atomic mass is 32.2. The Hall–Kier alpha value is -1.16. The van der Waals surface area contributed by atoms with Crippen LogP contribution in [0.2, 0.25) is 0 Å². The number of Topliss-reactive ketones (excluding diaryl/α,β-unsaturated/α-hetero) is 1. The highest BCUT2D eigenvalue weighted by Gasteiger charge is 2.48. The molecule has 18 heavy (non-hydrogen) atoms. The van der Waals surface area contributed by atoms with Gasteiger partial charge >= 0.3 is 0 Å². The molecule has 0 aromatic heterocycles. The fourth-order valence-corrected chi connectivity index (χ4v) is 5.73. The van der Waals surface area contributed by atoms with Crippen molar-refractivity contribution in [3.05, 3.63) is 35.9 Å². The number of rotatable bonds is 2. The number of carbonyl (C=O) groups excluding carboxylic acids is 1. The van der Waals surface area contributed by atoms with Gasteiger partial charge in [-0.05, 0) is 25.7 Å². The van der Waals surface area contributed by atoms with E-state index in [0.29, 0.717) is 18.4 Å². The van der Waals surface area contributed by atoms with Crippen LogP contribution in [0.1, 0.15) is 36.0 Å². The van der Waals surface area contributed by atoms with Crippen LogP contribution in [0, 0.1) is 5.92 Å². The van der Waals surface area contributed by atoms with E-state index in [9.17, 15) is 13.2 Å². The molecule has 2 unspecified atom stereocenters. The molecule has 0 aliphatic carbocycles. The molecule has 2 heterocycles. The van der Waals surface area contributed by atoms with Gasteiger partial charge in [0.05, 0.1) is 10.5 Å². The van der Waals surface area contributed by atoms with E-state index in [4.69, 9.17) is 0 Å². The Balaban J connectivity index is 1.83. The minimum atomic E-state index is -2.93. The van der Waals surface area contributed by atoms with E-state index in [1.165, 1.54) is 0 Å². The monoisotopic (exact) mass is 264 g/mol. The summed E-state index contributed by atoms with van der Waals surface area (Å²) in [6.45, 7) is 0. The number of hydrogen-bond donors (Lipinski definition) is 0. The molecule has 2 bridgehead atoms. The molecular formula is C14H16O3S. The Bertz CT molecular complexity index is 542. The van der Waals surface area contributed by atoms with E-state index in [1.807, 2.05) is 30.3 Å². The molecule has 0 saturated carbocycles. The van der Waals surface area contributed by atoms with Gasteiger partial charge in [0, 0.05) is 11.5 Å². The van der Waals surface area contributed by atoms with Crippen molar-refractivity contribution in [3.8, 4) is 0 Å². The van der Waals surface area contributed by atoms with E-state index in [0.717, 1.165) is 12.8 Å². The van der Waals surface area contributed by atoms with Gasteiger partial charge < -0.3 is 0 Å². The van der Waals surface area contributed by atoms with Crippen molar-refractivity contribution < 1.29 is 13.2 Å². The number of hydrogen-bond acceptors (Lipinski definition) is 3. The molecule has 2 fully saturated rings. The van der Waals surface area contributed by atoms with Crippen LogP contribution >= 0.6 is 0 Å². The second-order valence-corrected chi connectivity index (χ2v) is 7.82. The first-order chi connectivity index (χ1) is 8.59. The molecule has 2 aliphatic heterocycles. The molecule has 2 aliphatic rings. The summed E-state index contributed by atoms with van der Waals surface area (Å²) in [5, 5.41) is -0.539. The maximum Gasteiger partial charge on any atom is 0.166 e. The Kier molecular flexibility index (Phi) is 2.77. The Morgan fingerprint density at radius 3 is 2.11 bits per heavy atom. The summed E-state index contributed by atoms with van der Waals surface area (Å²) in [6.07, 6.45) is 2.52. The number of fused-ring (bicyclic) bond motifs is 2. The summed E-state index contributed by atoms with van der Waals surface area (Å²) in [7, 11) is -2.93. The van der Waals surface area contributed by atoms with E-state index < -0.39 is 9.84 Å². The lowest BCUT2D eigenvalue weighted by Crippen LogP contribution is -2.36. The van der Waals surface area contributed by atoms with Gasteiger partial charge in [-0.3, -0.25) is 4.79 Å². The van der Waals surface area contributed by atoms with Gasteiger partial charge in [0.15, 0.2) is 15.6 Å². The molecule has 1 aromatic rings. The minimum absolute atomic E-state index is 0.103. The number of benzene rings is 1. The third-order valence-electron chi connectivity index (χ3n) is 4.26. The third kappa shape index (κ3) is 1.79. The molecule has 3 nitrogen and oxygen atoms in total. The van der Waals surface area contributed by atoms with Gasteiger partial charge in [-0.2, -0.15) is 0 Å². The quantitative estimate of drug-likeness (QED) is 0.770. The standard InChI is InChI=1S/C14H16O3S/c15-14(10-4-2-1-3-5-10)11-8-12-6-7-13(9-11)18(12,16)17/h1-5,11-13H,6-9H2. The minimum Gasteiger partial charge on any atom is -0.294 e. The number of sulfone groups is 1. The van der Waals surface area contributed by atoms with Crippen molar-refractivity contribution in [2.45, 2.75) is 36.2 Å². The zero-order valence-corrected chi connectivity index (χ0v) is 10.9. The molecule has 0 spiro atoms. The number of ketones is 1. The summed E-state index contributed by atoms with van der Waals surface area (Å²) in [4.78, 5) is 12.3. The second-order valence-electron chi connectivity index (χ2n) is 5.31. The highest BCUT2D eigenvalue weighted by Crippen LogP contribution is 2.42. The van der Waals surface area contributed by atoms with Crippen LogP contribution in [0.15, 0.2) is 30.3 Å². The largest absolute Gasteiger partial charge is 0.294 e. The molecule has 2 atom stereocenters. The van der Waals surface area contributed by atoms with Gasteiger partial charge in [0.2, 0.25) is 0 Å². The molecule has 96 valence electrons. The van der Waals surface area contributed by atoms with Gasteiger partial charge in [0.25, 0.3) is 0 Å². The average molecular weight is 264 g/mol. The fourth-order valence-electron chi connectivity index (χ4n) is 3.26. The van der Waals surface area contributed by atoms with Crippen molar-refractivity contribution >= 4 is 15.6 Å². The zero-order chi connectivity index (χ0) is 12.8. The summed E-state index contributed by atoms with van der Waals surface area (Å²) in [5.41, 5.74) is 0.709. The normalized spacial score (nSPS) is 33.2. The van der Waals surface area contributed by atoms with Gasteiger partial charge in [-0.1, -0.05) is 30.3 Å². The van der Waals surface area contributed by atoms with E-state index in [-0.39, 0.29) is 22.2 Å². The van der Waals surface area contributed by atoms with Crippen LogP contribution in [-0.4, -0.2) is 24.7 Å². The predicted molar refractivity (Wildman–Crippen MR) is 69.2 cm³/mol. The SMILES string of the molecule is O=C(c1ccccc1)C1CC2CCC(C1)S2(=O)=O. The molecule has 4 heteroatoms. The van der Waals surface area contributed by atoms with Crippen molar-refractivity contribution in [1.29, 1.82) is 0 Å². The summed E-state index contributed by atoms with van der Waals surface area (Å²) < 4.78 is 23.9. The first-order valence-electron chi connectivity index (χ1n) is 6.41. The fraction of sp³-hybridized carbons (Fsp3) is 0.500. The van der Waals surface area contributed by atoms with Gasteiger partial charge in [0.1, 0.15) is 0 Å². The lowest BCUT2D eigenvalue weighted by Gasteiger charge is -2.26. The zero-order valence-electron chi connectivity index (χ0n) is 10.1. The Morgan fingerprint density at radius 1 is 1.00 bits per heavy atom. The van der Waals surface area contributed by atoms with Crippen molar-refractivity contribution in [2.75, 3.05) is 0 Å². The van der Waals surface area contributed by atoms with Crippen LogP contribution in [0.4, 0.5) is 0 Å². The first kappa shape index (κ1) is 11.9. The van der Waals surface area contributed by atoms with Gasteiger partial charge in [-0.15, -0.1) is 0 Å². The molecule has 2 saturated heterocycles. The van der Waals surface area contributed by atoms with Gasteiger partial charge in [-0.25, -0.2) is 8.42 Å². The average Bonchev–Trinajstić information content (AvgIpc) is 2.59. The maximum atomic E-state index is 12.3. The van der Waals surface area contributed by atoms with E-state index in [2.05, 4.69) is 0 Å². The van der Waals surface area contributed by atoms with Crippen LogP contribution < -0.4 is 0 Å². The molecule has 1 aromatic carbocycles. The molecule has 0 radical (unpaired) electrons.